The fourth-order valence-electron chi connectivity index (χ4n) is 2.03. The van der Waals surface area contributed by atoms with E-state index < -0.39 is 0 Å². The van der Waals surface area contributed by atoms with Crippen molar-refractivity contribution < 1.29 is 0 Å². The van der Waals surface area contributed by atoms with Crippen LogP contribution in [-0.2, 0) is 0 Å². The van der Waals surface area contributed by atoms with Gasteiger partial charge in [0.2, 0.25) is 0 Å². The monoisotopic (exact) mass is 395 g/mol. The van der Waals surface area contributed by atoms with Crippen molar-refractivity contribution in [3.8, 4) is 0 Å². The zero-order valence-electron chi connectivity index (χ0n) is 12.4. The Bertz CT molecular complexity index is 582. The lowest BCUT2D eigenvalue weighted by Crippen LogP contribution is -2.23. The van der Waals surface area contributed by atoms with E-state index >= 15 is 0 Å². The minimum absolute atomic E-state index is 0. The Morgan fingerprint density at radius 3 is 2.52 bits per heavy atom. The number of aliphatic imine (C=N–C) groups is 1. The topological polar surface area (TPSA) is 50.4 Å². The van der Waals surface area contributed by atoms with Crippen molar-refractivity contribution in [1.29, 1.82) is 0 Å². The summed E-state index contributed by atoms with van der Waals surface area (Å²) in [6.07, 6.45) is 0. The van der Waals surface area contributed by atoms with E-state index in [-0.39, 0.29) is 24.0 Å². The first-order valence-electron chi connectivity index (χ1n) is 6.83. The maximum Gasteiger partial charge on any atom is 0.193 e. The highest BCUT2D eigenvalue weighted by atomic mass is 127. The van der Waals surface area contributed by atoms with Gasteiger partial charge in [-0.25, -0.2) is 0 Å². The molecule has 0 aromatic heterocycles. The SMILES string of the molecule is Cc1cccc(C(C)CN=C(N)Nc2ccccc2)c1.I. The standard InChI is InChI=1S/C17H21N3.HI/c1-13-7-6-8-15(11-13)14(2)12-19-17(18)20-16-9-4-3-5-10-16;/h3-11,14H,12H2,1-2H3,(H3,18,19,20);1H. The van der Waals surface area contributed by atoms with Crippen LogP contribution >= 0.6 is 24.0 Å². The Hall–Kier alpha value is -1.56. The summed E-state index contributed by atoms with van der Waals surface area (Å²) in [5.74, 6) is 0.807. The van der Waals surface area contributed by atoms with Gasteiger partial charge in [0.05, 0.1) is 0 Å². The van der Waals surface area contributed by atoms with Crippen LogP contribution in [-0.4, -0.2) is 12.5 Å². The van der Waals surface area contributed by atoms with E-state index in [1.54, 1.807) is 0 Å². The maximum atomic E-state index is 5.90. The third-order valence-corrected chi connectivity index (χ3v) is 3.19. The van der Waals surface area contributed by atoms with Gasteiger partial charge in [-0.05, 0) is 24.6 Å². The number of hydrogen-bond acceptors (Lipinski definition) is 1. The van der Waals surface area contributed by atoms with Gasteiger partial charge in [0.15, 0.2) is 5.96 Å². The number of nitrogens with one attached hydrogen (secondary N) is 1. The number of para-hydroxylation sites is 1. The van der Waals surface area contributed by atoms with Crippen molar-refractivity contribution in [2.24, 2.45) is 10.7 Å². The van der Waals surface area contributed by atoms with Crippen molar-refractivity contribution in [3.05, 3.63) is 65.7 Å². The molecule has 3 N–H and O–H groups in total. The molecule has 0 spiro atoms. The summed E-state index contributed by atoms with van der Waals surface area (Å²) in [6, 6.07) is 18.3. The summed E-state index contributed by atoms with van der Waals surface area (Å²) in [6.45, 7) is 4.94. The smallest absolute Gasteiger partial charge is 0.193 e. The third-order valence-electron chi connectivity index (χ3n) is 3.19. The molecule has 0 radical (unpaired) electrons. The predicted octanol–water partition coefficient (Wildman–Crippen LogP) is 4.14. The lowest BCUT2D eigenvalue weighted by atomic mass is 10.00. The summed E-state index contributed by atoms with van der Waals surface area (Å²) < 4.78 is 0. The fourth-order valence-corrected chi connectivity index (χ4v) is 2.03. The molecule has 0 bridgehead atoms. The molecule has 2 aromatic carbocycles. The molecule has 1 unspecified atom stereocenters. The molecule has 3 nitrogen and oxygen atoms in total. The summed E-state index contributed by atoms with van der Waals surface area (Å²) >= 11 is 0. The van der Waals surface area contributed by atoms with E-state index in [1.807, 2.05) is 30.3 Å². The first-order valence-corrected chi connectivity index (χ1v) is 6.83. The number of nitrogens with two attached hydrogens (primary N) is 1. The molecule has 1 atom stereocenters. The number of nitrogens with zero attached hydrogens (tertiary/aromatic N) is 1. The lowest BCUT2D eigenvalue weighted by Gasteiger charge is -2.11. The highest BCUT2D eigenvalue weighted by Crippen LogP contribution is 2.16. The average molecular weight is 395 g/mol. The van der Waals surface area contributed by atoms with E-state index in [2.05, 4.69) is 48.4 Å². The van der Waals surface area contributed by atoms with Gasteiger partial charge in [-0.2, -0.15) is 0 Å². The van der Waals surface area contributed by atoms with Crippen LogP contribution < -0.4 is 11.1 Å². The second-order valence-corrected chi connectivity index (χ2v) is 5.03. The number of benzene rings is 2. The van der Waals surface area contributed by atoms with Crippen LogP contribution in [0.2, 0.25) is 0 Å². The third kappa shape index (κ3) is 5.75. The molecular weight excluding hydrogens is 373 g/mol. The van der Waals surface area contributed by atoms with Crippen molar-refractivity contribution >= 4 is 35.6 Å². The molecule has 0 aliphatic heterocycles. The van der Waals surface area contributed by atoms with Crippen molar-refractivity contribution in [2.75, 3.05) is 11.9 Å². The lowest BCUT2D eigenvalue weighted by molar-refractivity contribution is 0.773. The van der Waals surface area contributed by atoms with Crippen molar-refractivity contribution in [1.82, 2.24) is 0 Å². The molecule has 4 heteroatoms. The van der Waals surface area contributed by atoms with E-state index in [1.165, 1.54) is 11.1 Å². The number of halogens is 1. The van der Waals surface area contributed by atoms with Gasteiger partial charge in [-0.15, -0.1) is 24.0 Å². The largest absolute Gasteiger partial charge is 0.370 e. The highest BCUT2D eigenvalue weighted by Gasteiger charge is 2.05. The van der Waals surface area contributed by atoms with E-state index in [9.17, 15) is 0 Å². The van der Waals surface area contributed by atoms with E-state index in [0.29, 0.717) is 18.4 Å². The Morgan fingerprint density at radius 1 is 1.14 bits per heavy atom. The quantitative estimate of drug-likeness (QED) is 0.465. The second-order valence-electron chi connectivity index (χ2n) is 5.03. The van der Waals surface area contributed by atoms with Crippen LogP contribution in [0.3, 0.4) is 0 Å². The van der Waals surface area contributed by atoms with Crippen molar-refractivity contribution in [3.63, 3.8) is 0 Å². The van der Waals surface area contributed by atoms with Gasteiger partial charge in [-0.1, -0.05) is 55.0 Å². The Balaban J connectivity index is 0.00000220. The normalized spacial score (nSPS) is 12.4. The number of hydrogen-bond donors (Lipinski definition) is 2. The van der Waals surface area contributed by atoms with Crippen LogP contribution in [0.1, 0.15) is 24.0 Å². The molecule has 0 saturated heterocycles. The van der Waals surface area contributed by atoms with Gasteiger partial charge < -0.3 is 11.1 Å². The van der Waals surface area contributed by atoms with Gasteiger partial charge in [-0.3, -0.25) is 4.99 Å². The van der Waals surface area contributed by atoms with Crippen LogP contribution in [0.15, 0.2) is 59.6 Å². The Labute approximate surface area is 143 Å². The summed E-state index contributed by atoms with van der Waals surface area (Å²) in [7, 11) is 0. The summed E-state index contributed by atoms with van der Waals surface area (Å²) in [5, 5.41) is 3.09. The molecule has 112 valence electrons. The Morgan fingerprint density at radius 2 is 1.86 bits per heavy atom. The number of guanidine groups is 1. The number of anilines is 1. The molecule has 0 fully saturated rings. The molecule has 0 amide bonds. The number of aryl methyl sites for hydroxylation is 1. The van der Waals surface area contributed by atoms with Gasteiger partial charge in [0.25, 0.3) is 0 Å². The maximum absolute atomic E-state index is 5.90. The molecule has 0 heterocycles. The van der Waals surface area contributed by atoms with Crippen LogP contribution in [0.25, 0.3) is 0 Å². The molecule has 21 heavy (non-hydrogen) atoms. The molecule has 0 saturated carbocycles. The molecule has 0 aliphatic carbocycles. The van der Waals surface area contributed by atoms with Gasteiger partial charge in [0.1, 0.15) is 0 Å². The predicted molar refractivity (Wildman–Crippen MR) is 102 cm³/mol. The first kappa shape index (κ1) is 17.5. The zero-order chi connectivity index (χ0) is 14.4. The minimum atomic E-state index is 0. The summed E-state index contributed by atoms with van der Waals surface area (Å²) in [5.41, 5.74) is 9.42. The Kier molecular flexibility index (Phi) is 7.22. The molecule has 2 rings (SSSR count). The van der Waals surface area contributed by atoms with E-state index in [0.717, 1.165) is 5.69 Å². The fraction of sp³-hybridized carbons (Fsp3) is 0.235. The van der Waals surface area contributed by atoms with Crippen molar-refractivity contribution in [2.45, 2.75) is 19.8 Å². The number of rotatable bonds is 4. The second kappa shape index (κ2) is 8.67. The van der Waals surface area contributed by atoms with Crippen LogP contribution in [0.5, 0.6) is 0 Å². The summed E-state index contributed by atoms with van der Waals surface area (Å²) in [4.78, 5) is 4.41. The first-order chi connectivity index (χ1) is 9.65. The molecular formula is C17H22IN3. The van der Waals surface area contributed by atoms with Crippen LogP contribution in [0.4, 0.5) is 5.69 Å². The minimum Gasteiger partial charge on any atom is -0.370 e. The average Bonchev–Trinajstić information content (AvgIpc) is 2.46. The van der Waals surface area contributed by atoms with Crippen LogP contribution in [0, 0.1) is 6.92 Å². The molecule has 0 aliphatic rings. The highest BCUT2D eigenvalue weighted by molar-refractivity contribution is 14.0. The van der Waals surface area contributed by atoms with Gasteiger partial charge >= 0.3 is 0 Å². The van der Waals surface area contributed by atoms with Gasteiger partial charge in [0, 0.05) is 18.2 Å². The van der Waals surface area contributed by atoms with E-state index in [4.69, 9.17) is 5.73 Å². The molecule has 2 aromatic rings. The zero-order valence-corrected chi connectivity index (χ0v) is 14.7.